The summed E-state index contributed by atoms with van der Waals surface area (Å²) in [6.45, 7) is 3.64. The summed E-state index contributed by atoms with van der Waals surface area (Å²) in [5, 5.41) is 7.74. The monoisotopic (exact) mass is 452 g/mol. The van der Waals surface area contributed by atoms with Gasteiger partial charge in [0.25, 0.3) is 5.91 Å². The molecule has 2 heterocycles. The van der Waals surface area contributed by atoms with E-state index in [-0.39, 0.29) is 18.4 Å². The van der Waals surface area contributed by atoms with Gasteiger partial charge in [0.2, 0.25) is 5.91 Å². The minimum atomic E-state index is -0.861. The number of anilines is 2. The maximum atomic E-state index is 13.3. The molecule has 1 N–H and O–H groups in total. The van der Waals surface area contributed by atoms with Gasteiger partial charge in [-0.1, -0.05) is 54.1 Å². The highest BCUT2D eigenvalue weighted by atomic mass is 16.5. The number of rotatable bonds is 4. The molecule has 2 amide bonds. The lowest BCUT2D eigenvalue weighted by Crippen LogP contribution is -2.48. The molecule has 0 aliphatic carbocycles. The van der Waals surface area contributed by atoms with Gasteiger partial charge in [0.15, 0.2) is 6.10 Å². The zero-order valence-electron chi connectivity index (χ0n) is 18.9. The van der Waals surface area contributed by atoms with Gasteiger partial charge in [0.1, 0.15) is 11.6 Å². The van der Waals surface area contributed by atoms with E-state index in [1.807, 2.05) is 79.7 Å². The third-order valence-corrected chi connectivity index (χ3v) is 5.72. The highest BCUT2D eigenvalue weighted by molar-refractivity contribution is 5.99. The molecule has 1 unspecified atom stereocenters. The smallest absolute Gasteiger partial charge is 0.268 e. The molecule has 0 bridgehead atoms. The molecular weight excluding hydrogens is 428 g/mol. The zero-order valence-corrected chi connectivity index (χ0v) is 18.9. The molecular formula is C27H24N4O3. The number of aryl methyl sites for hydroxylation is 1. The summed E-state index contributed by atoms with van der Waals surface area (Å²) in [7, 11) is 0. The molecule has 0 saturated carbocycles. The zero-order chi connectivity index (χ0) is 23.7. The number of nitrogens with one attached hydrogen (secondary N) is 1. The number of nitrogens with zero attached hydrogens (tertiary/aromatic N) is 3. The van der Waals surface area contributed by atoms with Crippen molar-refractivity contribution in [2.45, 2.75) is 20.0 Å². The van der Waals surface area contributed by atoms with E-state index in [9.17, 15) is 9.59 Å². The van der Waals surface area contributed by atoms with Gasteiger partial charge in [-0.05, 0) is 37.3 Å². The molecule has 1 aliphatic rings. The van der Waals surface area contributed by atoms with Gasteiger partial charge in [-0.25, -0.2) is 4.68 Å². The Morgan fingerprint density at radius 2 is 1.74 bits per heavy atom. The Kier molecular flexibility index (Phi) is 5.59. The average Bonchev–Trinajstić information content (AvgIpc) is 3.27. The summed E-state index contributed by atoms with van der Waals surface area (Å²) in [5.74, 6) is 0.517. The number of amides is 2. The van der Waals surface area contributed by atoms with Gasteiger partial charge in [-0.2, -0.15) is 5.10 Å². The van der Waals surface area contributed by atoms with E-state index in [4.69, 9.17) is 9.84 Å². The maximum absolute atomic E-state index is 13.3. The fourth-order valence-electron chi connectivity index (χ4n) is 4.06. The molecule has 1 aliphatic heterocycles. The molecule has 0 fully saturated rings. The van der Waals surface area contributed by atoms with Crippen LogP contribution in [0.15, 0.2) is 84.9 Å². The number of benzene rings is 3. The normalized spacial score (nSPS) is 14.8. The number of ether oxygens (including phenoxy) is 1. The topological polar surface area (TPSA) is 76.5 Å². The molecule has 34 heavy (non-hydrogen) atoms. The van der Waals surface area contributed by atoms with Crippen LogP contribution in [0.5, 0.6) is 5.75 Å². The summed E-state index contributed by atoms with van der Waals surface area (Å²) in [6.07, 6.45) is -0.861. The molecule has 7 heteroatoms. The average molecular weight is 453 g/mol. The lowest BCUT2D eigenvalue weighted by molar-refractivity contribution is -0.123. The summed E-state index contributed by atoms with van der Waals surface area (Å²) in [4.78, 5) is 27.1. The van der Waals surface area contributed by atoms with E-state index in [0.717, 1.165) is 22.5 Å². The van der Waals surface area contributed by atoms with Gasteiger partial charge in [-0.15, -0.1) is 0 Å². The van der Waals surface area contributed by atoms with Crippen LogP contribution in [-0.4, -0.2) is 34.2 Å². The predicted molar refractivity (Wildman–Crippen MR) is 131 cm³/mol. The van der Waals surface area contributed by atoms with E-state index < -0.39 is 6.10 Å². The van der Waals surface area contributed by atoms with Crippen LogP contribution in [0.25, 0.3) is 16.9 Å². The first kappa shape index (κ1) is 21.5. The molecule has 5 rings (SSSR count). The molecule has 7 nitrogen and oxygen atoms in total. The van der Waals surface area contributed by atoms with Crippen LogP contribution in [0.3, 0.4) is 0 Å². The van der Waals surface area contributed by atoms with Crippen LogP contribution < -0.4 is 15.0 Å². The number of aromatic nitrogens is 2. The first-order valence-electron chi connectivity index (χ1n) is 11.1. The number of fused-ring (bicyclic) bond motifs is 1. The highest BCUT2D eigenvalue weighted by Crippen LogP contribution is 2.33. The van der Waals surface area contributed by atoms with Gasteiger partial charge in [-0.3, -0.25) is 9.59 Å². The van der Waals surface area contributed by atoms with E-state index in [2.05, 4.69) is 11.4 Å². The Bertz CT molecular complexity index is 1360. The first-order valence-corrected chi connectivity index (χ1v) is 11.1. The van der Waals surface area contributed by atoms with Crippen molar-refractivity contribution in [3.8, 4) is 22.7 Å². The van der Waals surface area contributed by atoms with Crippen molar-refractivity contribution in [1.82, 2.24) is 9.78 Å². The largest absolute Gasteiger partial charge is 0.476 e. The van der Waals surface area contributed by atoms with Crippen molar-refractivity contribution >= 4 is 23.3 Å². The second-order valence-electron chi connectivity index (χ2n) is 8.22. The van der Waals surface area contributed by atoms with Crippen LogP contribution in [0.1, 0.15) is 12.5 Å². The van der Waals surface area contributed by atoms with Crippen molar-refractivity contribution in [2.75, 3.05) is 16.8 Å². The number of hydrogen-bond donors (Lipinski definition) is 1. The van der Waals surface area contributed by atoms with Gasteiger partial charge in [0.05, 0.1) is 23.6 Å². The maximum Gasteiger partial charge on any atom is 0.268 e. The lowest BCUT2D eigenvalue weighted by atomic mass is 10.1. The molecule has 4 aromatic rings. The predicted octanol–water partition coefficient (Wildman–Crippen LogP) is 4.60. The summed E-state index contributed by atoms with van der Waals surface area (Å²) in [5.41, 5.74) is 4.29. The Hall–Kier alpha value is -4.39. The third-order valence-electron chi connectivity index (χ3n) is 5.72. The standard InChI is InChI=1S/C27H24N4O3/c1-18-9-8-10-20(15-18)22-16-26(31(29-22)21-11-4-3-5-12-21)28-27(33)25-17-30(19(2)32)23-13-6-7-14-24(23)34-25/h3-16,25H,17H2,1-2H3,(H,28,33). The van der Waals surface area contributed by atoms with Crippen LogP contribution in [0.2, 0.25) is 0 Å². The van der Waals surface area contributed by atoms with Crippen LogP contribution in [0, 0.1) is 6.92 Å². The van der Waals surface area contributed by atoms with Gasteiger partial charge in [0, 0.05) is 18.6 Å². The van der Waals surface area contributed by atoms with Gasteiger partial charge < -0.3 is 15.0 Å². The number of carbonyl (C=O) groups excluding carboxylic acids is 2. The Morgan fingerprint density at radius 1 is 0.971 bits per heavy atom. The fraction of sp³-hybridized carbons (Fsp3) is 0.148. The van der Waals surface area contributed by atoms with Crippen LogP contribution in [0.4, 0.5) is 11.5 Å². The van der Waals surface area contributed by atoms with Crippen molar-refractivity contribution in [2.24, 2.45) is 0 Å². The second-order valence-corrected chi connectivity index (χ2v) is 8.22. The minimum absolute atomic E-state index is 0.127. The molecule has 0 saturated heterocycles. The van der Waals surface area contributed by atoms with Crippen molar-refractivity contribution in [1.29, 1.82) is 0 Å². The van der Waals surface area contributed by atoms with Crippen molar-refractivity contribution < 1.29 is 14.3 Å². The van der Waals surface area contributed by atoms with Crippen molar-refractivity contribution in [3.05, 3.63) is 90.5 Å². The summed E-state index contributed by atoms with van der Waals surface area (Å²) in [6, 6.07) is 26.7. The molecule has 3 aromatic carbocycles. The third kappa shape index (κ3) is 4.15. The van der Waals surface area contributed by atoms with E-state index in [1.54, 1.807) is 15.6 Å². The molecule has 1 atom stereocenters. The first-order chi connectivity index (χ1) is 16.5. The Labute approximate surface area is 197 Å². The van der Waals surface area contributed by atoms with E-state index >= 15 is 0 Å². The minimum Gasteiger partial charge on any atom is -0.476 e. The Morgan fingerprint density at radius 3 is 2.50 bits per heavy atom. The summed E-state index contributed by atoms with van der Waals surface area (Å²) >= 11 is 0. The van der Waals surface area contributed by atoms with Crippen LogP contribution >= 0.6 is 0 Å². The quantitative estimate of drug-likeness (QED) is 0.491. The number of hydrogen-bond acceptors (Lipinski definition) is 4. The second kappa shape index (κ2) is 8.86. The Balaban J connectivity index is 1.48. The highest BCUT2D eigenvalue weighted by Gasteiger charge is 2.33. The number of para-hydroxylation sites is 3. The molecule has 1 aromatic heterocycles. The van der Waals surface area contributed by atoms with Crippen LogP contribution in [-0.2, 0) is 9.59 Å². The summed E-state index contributed by atoms with van der Waals surface area (Å²) < 4.78 is 7.67. The number of carbonyl (C=O) groups is 2. The fourth-order valence-corrected chi connectivity index (χ4v) is 4.06. The van der Waals surface area contributed by atoms with Crippen molar-refractivity contribution in [3.63, 3.8) is 0 Å². The lowest BCUT2D eigenvalue weighted by Gasteiger charge is -2.33. The SMILES string of the molecule is CC(=O)N1CC(C(=O)Nc2cc(-c3cccc(C)c3)nn2-c2ccccc2)Oc2ccccc21. The molecule has 0 radical (unpaired) electrons. The van der Waals surface area contributed by atoms with E-state index in [0.29, 0.717) is 17.3 Å². The van der Waals surface area contributed by atoms with E-state index in [1.165, 1.54) is 6.92 Å². The molecule has 0 spiro atoms. The molecule has 170 valence electrons. The van der Waals surface area contributed by atoms with Gasteiger partial charge >= 0.3 is 0 Å².